The van der Waals surface area contributed by atoms with Gasteiger partial charge in [0.15, 0.2) is 0 Å². The van der Waals surface area contributed by atoms with Crippen LogP contribution >= 0.6 is 0 Å². The molecule has 1 fully saturated rings. The van der Waals surface area contributed by atoms with Crippen LogP contribution in [-0.2, 0) is 27.8 Å². The summed E-state index contributed by atoms with van der Waals surface area (Å²) in [6, 6.07) is 9.46. The maximum absolute atomic E-state index is 13.2. The SMILES string of the molecule is CN1OCC(S(=O)(=O)N2CCc3ccccc3C2)C1c1ccoc1. The molecule has 1 aromatic heterocycles. The van der Waals surface area contributed by atoms with Gasteiger partial charge in [-0.25, -0.2) is 8.42 Å². The maximum Gasteiger partial charge on any atom is 0.221 e. The van der Waals surface area contributed by atoms with Crippen LogP contribution in [0.15, 0.2) is 47.3 Å². The Kier molecular flexibility index (Phi) is 3.96. The van der Waals surface area contributed by atoms with E-state index in [0.717, 1.165) is 17.5 Å². The second-order valence-electron chi connectivity index (χ2n) is 6.28. The summed E-state index contributed by atoms with van der Waals surface area (Å²) >= 11 is 0. The van der Waals surface area contributed by atoms with E-state index < -0.39 is 15.3 Å². The van der Waals surface area contributed by atoms with Gasteiger partial charge in [-0.3, -0.25) is 4.84 Å². The van der Waals surface area contributed by atoms with E-state index in [1.54, 1.807) is 35.0 Å². The second kappa shape index (κ2) is 6.00. The number of hydrogen-bond acceptors (Lipinski definition) is 5. The van der Waals surface area contributed by atoms with Crippen molar-refractivity contribution in [2.75, 3.05) is 20.2 Å². The monoisotopic (exact) mass is 348 g/mol. The van der Waals surface area contributed by atoms with E-state index in [2.05, 4.69) is 6.07 Å². The molecular formula is C17H20N2O4S. The average molecular weight is 348 g/mol. The molecule has 2 aromatic rings. The normalized spacial score (nSPS) is 25.7. The number of rotatable bonds is 3. The molecule has 2 unspecified atom stereocenters. The van der Waals surface area contributed by atoms with E-state index in [9.17, 15) is 8.42 Å². The number of sulfonamides is 1. The van der Waals surface area contributed by atoms with E-state index in [-0.39, 0.29) is 12.6 Å². The lowest BCUT2D eigenvalue weighted by Crippen LogP contribution is -2.44. The standard InChI is InChI=1S/C17H20N2O4S/c1-18-17(15-7-9-22-11-15)16(12-23-18)24(20,21)19-8-6-13-4-2-3-5-14(13)10-19/h2-5,7,9,11,16-17H,6,8,10,12H2,1H3. The van der Waals surface area contributed by atoms with Crippen LogP contribution in [0.2, 0.25) is 0 Å². The zero-order valence-electron chi connectivity index (χ0n) is 13.5. The van der Waals surface area contributed by atoms with Crippen molar-refractivity contribution >= 4 is 10.0 Å². The van der Waals surface area contributed by atoms with Crippen molar-refractivity contribution in [3.63, 3.8) is 0 Å². The number of benzene rings is 1. The highest BCUT2D eigenvalue weighted by molar-refractivity contribution is 7.89. The molecule has 2 aliphatic rings. The van der Waals surface area contributed by atoms with Gasteiger partial charge in [0.1, 0.15) is 5.25 Å². The first kappa shape index (κ1) is 15.8. The van der Waals surface area contributed by atoms with Crippen molar-refractivity contribution in [3.8, 4) is 0 Å². The topological polar surface area (TPSA) is 63.0 Å². The second-order valence-corrected chi connectivity index (χ2v) is 8.43. The Balaban J connectivity index is 1.63. The van der Waals surface area contributed by atoms with Crippen LogP contribution in [-0.4, -0.2) is 43.2 Å². The molecule has 2 aliphatic heterocycles. The van der Waals surface area contributed by atoms with Crippen molar-refractivity contribution in [1.29, 1.82) is 0 Å². The predicted molar refractivity (Wildman–Crippen MR) is 88.4 cm³/mol. The zero-order chi connectivity index (χ0) is 16.7. The summed E-state index contributed by atoms with van der Waals surface area (Å²) in [5, 5.41) is 0.982. The van der Waals surface area contributed by atoms with E-state index in [0.29, 0.717) is 13.1 Å². The molecule has 6 nitrogen and oxygen atoms in total. The van der Waals surface area contributed by atoms with Gasteiger partial charge in [0, 0.05) is 25.7 Å². The fraction of sp³-hybridized carbons (Fsp3) is 0.412. The Labute approximate surface area is 141 Å². The summed E-state index contributed by atoms with van der Waals surface area (Å²) in [5.41, 5.74) is 3.13. The van der Waals surface area contributed by atoms with Gasteiger partial charge in [-0.05, 0) is 23.6 Å². The molecular weight excluding hydrogens is 328 g/mol. The van der Waals surface area contributed by atoms with Gasteiger partial charge < -0.3 is 4.42 Å². The number of furan rings is 1. The Morgan fingerprint density at radius 2 is 1.96 bits per heavy atom. The Morgan fingerprint density at radius 1 is 1.17 bits per heavy atom. The molecule has 0 bridgehead atoms. The third kappa shape index (κ3) is 2.57. The highest BCUT2D eigenvalue weighted by atomic mass is 32.2. The lowest BCUT2D eigenvalue weighted by atomic mass is 10.0. The molecule has 1 aromatic carbocycles. The molecule has 4 rings (SSSR count). The maximum atomic E-state index is 13.2. The van der Waals surface area contributed by atoms with Crippen molar-refractivity contribution in [1.82, 2.24) is 9.37 Å². The summed E-state index contributed by atoms with van der Waals surface area (Å²) in [4.78, 5) is 5.53. The third-order valence-electron chi connectivity index (χ3n) is 4.91. The minimum absolute atomic E-state index is 0.160. The summed E-state index contributed by atoms with van der Waals surface area (Å²) in [5.74, 6) is 0. The number of nitrogens with zero attached hydrogens (tertiary/aromatic N) is 2. The third-order valence-corrected chi connectivity index (χ3v) is 7.10. The molecule has 0 spiro atoms. The fourth-order valence-corrected chi connectivity index (χ4v) is 5.53. The quantitative estimate of drug-likeness (QED) is 0.848. The molecule has 128 valence electrons. The molecule has 0 radical (unpaired) electrons. The van der Waals surface area contributed by atoms with E-state index >= 15 is 0 Å². The van der Waals surface area contributed by atoms with Crippen LogP contribution in [0.1, 0.15) is 22.7 Å². The summed E-state index contributed by atoms with van der Waals surface area (Å²) < 4.78 is 33.2. The predicted octanol–water partition coefficient (Wildman–Crippen LogP) is 1.95. The van der Waals surface area contributed by atoms with Crippen LogP contribution in [0, 0.1) is 0 Å². The molecule has 2 atom stereocenters. The van der Waals surface area contributed by atoms with Crippen LogP contribution in [0.4, 0.5) is 0 Å². The molecule has 1 saturated heterocycles. The van der Waals surface area contributed by atoms with Gasteiger partial charge in [-0.1, -0.05) is 24.3 Å². The van der Waals surface area contributed by atoms with Crippen LogP contribution < -0.4 is 0 Å². The Bertz CT molecular complexity index is 819. The summed E-state index contributed by atoms with van der Waals surface area (Å²) in [6.45, 7) is 1.10. The Morgan fingerprint density at radius 3 is 2.71 bits per heavy atom. The lowest BCUT2D eigenvalue weighted by Gasteiger charge is -2.31. The van der Waals surface area contributed by atoms with Gasteiger partial charge in [0.05, 0.1) is 25.2 Å². The number of fused-ring (bicyclic) bond motifs is 1. The fourth-order valence-electron chi connectivity index (χ4n) is 3.59. The van der Waals surface area contributed by atoms with Crippen LogP contribution in [0.25, 0.3) is 0 Å². The van der Waals surface area contributed by atoms with Gasteiger partial charge >= 0.3 is 0 Å². The van der Waals surface area contributed by atoms with Crippen LogP contribution in [0.5, 0.6) is 0 Å². The van der Waals surface area contributed by atoms with Crippen LogP contribution in [0.3, 0.4) is 0 Å². The average Bonchev–Trinajstić information content (AvgIpc) is 3.23. The van der Waals surface area contributed by atoms with Crippen molar-refractivity contribution < 1.29 is 17.7 Å². The van der Waals surface area contributed by atoms with Gasteiger partial charge in [-0.2, -0.15) is 9.37 Å². The molecule has 7 heteroatoms. The minimum Gasteiger partial charge on any atom is -0.472 e. The molecule has 0 amide bonds. The van der Waals surface area contributed by atoms with Crippen molar-refractivity contribution in [2.45, 2.75) is 24.3 Å². The first-order chi connectivity index (χ1) is 11.6. The summed E-state index contributed by atoms with van der Waals surface area (Å²) in [6.07, 6.45) is 3.89. The first-order valence-electron chi connectivity index (χ1n) is 8.01. The molecule has 0 aliphatic carbocycles. The minimum atomic E-state index is -3.49. The van der Waals surface area contributed by atoms with Gasteiger partial charge in [-0.15, -0.1) is 0 Å². The van der Waals surface area contributed by atoms with E-state index in [4.69, 9.17) is 9.25 Å². The van der Waals surface area contributed by atoms with Gasteiger partial charge in [0.2, 0.25) is 10.0 Å². The van der Waals surface area contributed by atoms with Crippen molar-refractivity contribution in [3.05, 3.63) is 59.5 Å². The van der Waals surface area contributed by atoms with E-state index in [1.807, 2.05) is 18.2 Å². The number of hydrogen-bond donors (Lipinski definition) is 0. The highest BCUT2D eigenvalue weighted by Gasteiger charge is 2.46. The van der Waals surface area contributed by atoms with Crippen molar-refractivity contribution in [2.24, 2.45) is 0 Å². The smallest absolute Gasteiger partial charge is 0.221 e. The molecule has 24 heavy (non-hydrogen) atoms. The summed E-state index contributed by atoms with van der Waals surface area (Å²) in [7, 11) is -1.73. The largest absolute Gasteiger partial charge is 0.472 e. The Hall–Kier alpha value is -1.67. The molecule has 0 N–H and O–H groups in total. The van der Waals surface area contributed by atoms with Gasteiger partial charge in [0.25, 0.3) is 0 Å². The highest BCUT2D eigenvalue weighted by Crippen LogP contribution is 2.36. The lowest BCUT2D eigenvalue weighted by molar-refractivity contribution is -0.110. The number of hydroxylamine groups is 2. The molecule has 0 saturated carbocycles. The van der Waals surface area contributed by atoms with E-state index in [1.165, 1.54) is 5.56 Å². The first-order valence-corrected chi connectivity index (χ1v) is 9.51. The molecule has 3 heterocycles. The zero-order valence-corrected chi connectivity index (χ0v) is 14.3.